The highest BCUT2D eigenvalue weighted by Crippen LogP contribution is 2.47. The summed E-state index contributed by atoms with van der Waals surface area (Å²) in [5.41, 5.74) is 0. The molecular weight excluding hydrogens is 859 g/mol. The number of allylic oxidation sites excluding steroid dienone is 15. The minimum absolute atomic E-state index is 0.00138. The van der Waals surface area contributed by atoms with Gasteiger partial charge in [-0.2, -0.15) is 0 Å². The number of rotatable bonds is 36. The Morgan fingerprint density at radius 2 is 0.985 bits per heavy atom. The van der Waals surface area contributed by atoms with Gasteiger partial charge < -0.3 is 50.1 Å². The van der Waals surface area contributed by atoms with Gasteiger partial charge in [-0.15, -0.1) is 0 Å². The fourth-order valence-corrected chi connectivity index (χ4v) is 7.28. The standard InChI is InChI=1S/C49H79O15P/c1-3-5-7-9-11-13-15-17-18-19-20-21-23-25-27-29-31-35-43(53)63-39(38-62-65(59,60)64-49-47(57)45(55)44(54)46(56)48(49)58)37-61-42(52)36-32-34-41(51)40(50)33-30-28-26-24-22-16-14-12-10-8-6-4-2/h5-8,11-14,17-18,20-22,24,28,30,39-41,44-51,54-58H,3-4,9-10,15-16,19,23,25-27,29,31-38H2,1-2H3,(H,59,60)/b7-5-,8-6-,13-11-,14-12-,18-17-,21-20-,24-22-,30-28-/t39-,40+,41+,44?,45-,46+,47-,48-,49?/m1/s1. The number of carbonyl (C=O) groups excluding carboxylic acids is 2. The zero-order valence-electron chi connectivity index (χ0n) is 38.5. The molecule has 1 fully saturated rings. The van der Waals surface area contributed by atoms with E-state index < -0.39 is 87.9 Å². The lowest BCUT2D eigenvalue weighted by atomic mass is 9.85. The monoisotopic (exact) mass is 939 g/mol. The Labute approximate surface area is 386 Å². The largest absolute Gasteiger partial charge is 0.472 e. The van der Waals surface area contributed by atoms with Crippen molar-refractivity contribution in [2.24, 2.45) is 0 Å². The first-order valence-electron chi connectivity index (χ1n) is 23.2. The summed E-state index contributed by atoms with van der Waals surface area (Å²) in [5, 5.41) is 70.9. The van der Waals surface area contributed by atoms with Crippen LogP contribution in [0.1, 0.15) is 129 Å². The van der Waals surface area contributed by atoms with Crippen LogP contribution < -0.4 is 0 Å². The van der Waals surface area contributed by atoms with Crippen molar-refractivity contribution < 1.29 is 73.3 Å². The van der Waals surface area contributed by atoms with Crippen LogP contribution in [0.15, 0.2) is 97.2 Å². The van der Waals surface area contributed by atoms with E-state index in [4.69, 9.17) is 18.5 Å². The van der Waals surface area contributed by atoms with Crippen LogP contribution >= 0.6 is 7.82 Å². The summed E-state index contributed by atoms with van der Waals surface area (Å²) in [7, 11) is -5.20. The maximum absolute atomic E-state index is 12.8. The van der Waals surface area contributed by atoms with Gasteiger partial charge in [0.25, 0.3) is 0 Å². The molecule has 16 heteroatoms. The SMILES string of the molecule is CC/C=C\C/C=C\C/C=C\C/C=C\CCCCCCC(=O)O[C@H](COC(=O)CCC[C@H](O)[C@@H](O)C/C=C\C/C=C\C/C=C\C/C=C\CC)COP(=O)(O)OC1[C@H](O)[C@H](O)C(O)[C@H](O)[C@H]1O. The van der Waals surface area contributed by atoms with E-state index in [9.17, 15) is 54.8 Å². The number of carbonyl (C=O) groups is 2. The first-order chi connectivity index (χ1) is 31.2. The molecule has 8 N–H and O–H groups in total. The Morgan fingerprint density at radius 3 is 1.51 bits per heavy atom. The van der Waals surface area contributed by atoms with E-state index in [-0.39, 0.29) is 32.1 Å². The Morgan fingerprint density at radius 1 is 0.538 bits per heavy atom. The van der Waals surface area contributed by atoms with Crippen LogP contribution in [0.2, 0.25) is 0 Å². The molecule has 3 unspecified atom stereocenters. The number of hydrogen-bond donors (Lipinski definition) is 8. The second kappa shape index (κ2) is 37.7. The number of ether oxygens (including phenoxy) is 2. The zero-order valence-corrected chi connectivity index (χ0v) is 39.4. The van der Waals surface area contributed by atoms with Crippen molar-refractivity contribution >= 4 is 19.8 Å². The molecule has 0 aromatic rings. The minimum Gasteiger partial charge on any atom is -0.462 e. The lowest BCUT2D eigenvalue weighted by molar-refractivity contribution is -0.220. The molecule has 1 saturated carbocycles. The second-order valence-corrected chi connectivity index (χ2v) is 17.2. The quantitative estimate of drug-likeness (QED) is 0.0136. The van der Waals surface area contributed by atoms with Gasteiger partial charge in [0, 0.05) is 12.8 Å². The molecule has 0 amide bonds. The van der Waals surface area contributed by atoms with Crippen molar-refractivity contribution in [2.75, 3.05) is 13.2 Å². The predicted octanol–water partition coefficient (Wildman–Crippen LogP) is 6.99. The molecule has 0 aromatic carbocycles. The average molecular weight is 939 g/mol. The van der Waals surface area contributed by atoms with Crippen molar-refractivity contribution in [3.63, 3.8) is 0 Å². The summed E-state index contributed by atoms with van der Waals surface area (Å²) in [6.45, 7) is 2.78. The van der Waals surface area contributed by atoms with Gasteiger partial charge >= 0.3 is 19.8 Å². The zero-order chi connectivity index (χ0) is 48.1. The third-order valence-corrected chi connectivity index (χ3v) is 11.1. The number of hydrogen-bond acceptors (Lipinski definition) is 14. The van der Waals surface area contributed by atoms with Gasteiger partial charge in [0.15, 0.2) is 6.10 Å². The normalized spacial score (nSPS) is 23.3. The van der Waals surface area contributed by atoms with Crippen LogP contribution in [0.25, 0.3) is 0 Å². The molecule has 0 spiro atoms. The average Bonchev–Trinajstić information content (AvgIpc) is 3.28. The first-order valence-corrected chi connectivity index (χ1v) is 24.7. The van der Waals surface area contributed by atoms with E-state index in [0.717, 1.165) is 70.6 Å². The summed E-state index contributed by atoms with van der Waals surface area (Å²) >= 11 is 0. The second-order valence-electron chi connectivity index (χ2n) is 15.8. The summed E-state index contributed by atoms with van der Waals surface area (Å²) in [4.78, 5) is 35.8. The molecule has 10 atom stereocenters. The van der Waals surface area contributed by atoms with Crippen LogP contribution in [-0.2, 0) is 32.7 Å². The van der Waals surface area contributed by atoms with Crippen LogP contribution in [-0.4, -0.2) is 121 Å². The topological polar surface area (TPSA) is 250 Å². The number of aliphatic hydroxyl groups excluding tert-OH is 7. The molecule has 1 rings (SSSR count). The highest BCUT2D eigenvalue weighted by Gasteiger charge is 2.51. The van der Waals surface area contributed by atoms with Gasteiger partial charge in [0.2, 0.25) is 0 Å². The lowest BCUT2D eigenvalue weighted by Gasteiger charge is -2.41. The van der Waals surface area contributed by atoms with Crippen molar-refractivity contribution in [1.82, 2.24) is 0 Å². The van der Waals surface area contributed by atoms with Gasteiger partial charge in [-0.05, 0) is 89.9 Å². The van der Waals surface area contributed by atoms with E-state index in [2.05, 4.69) is 86.8 Å². The smallest absolute Gasteiger partial charge is 0.462 e. The predicted molar refractivity (Wildman–Crippen MR) is 251 cm³/mol. The molecule has 65 heavy (non-hydrogen) atoms. The molecular formula is C49H79O15P. The third-order valence-electron chi connectivity index (χ3n) is 10.1. The van der Waals surface area contributed by atoms with E-state index in [1.54, 1.807) is 6.08 Å². The lowest BCUT2D eigenvalue weighted by Crippen LogP contribution is -2.64. The fraction of sp³-hybridized carbons (Fsp3) is 0.633. The van der Waals surface area contributed by atoms with Crippen LogP contribution in [0.3, 0.4) is 0 Å². The van der Waals surface area contributed by atoms with Crippen LogP contribution in [0.4, 0.5) is 0 Å². The summed E-state index contributed by atoms with van der Waals surface area (Å²) in [6, 6.07) is 0. The Kier molecular flexibility index (Phi) is 34.7. The molecule has 0 aromatic heterocycles. The minimum atomic E-state index is -5.20. The Hall–Kier alpha value is -3.31. The van der Waals surface area contributed by atoms with Gasteiger partial charge in [0.05, 0.1) is 18.8 Å². The van der Waals surface area contributed by atoms with Crippen molar-refractivity contribution in [3.05, 3.63) is 97.2 Å². The summed E-state index contributed by atoms with van der Waals surface area (Å²) in [6.07, 6.45) is 29.0. The maximum atomic E-state index is 12.8. The molecule has 1 aliphatic carbocycles. The molecule has 0 aliphatic heterocycles. The third kappa shape index (κ3) is 29.8. The van der Waals surface area contributed by atoms with Gasteiger partial charge in [0.1, 0.15) is 43.2 Å². The van der Waals surface area contributed by atoms with E-state index in [0.29, 0.717) is 12.8 Å². The molecule has 1 aliphatic rings. The van der Waals surface area contributed by atoms with E-state index in [1.807, 2.05) is 18.2 Å². The summed E-state index contributed by atoms with van der Waals surface area (Å²) in [5.74, 6) is -1.43. The van der Waals surface area contributed by atoms with Crippen molar-refractivity contribution in [1.29, 1.82) is 0 Å². The van der Waals surface area contributed by atoms with Gasteiger partial charge in [-0.1, -0.05) is 124 Å². The number of phosphoric acid groups is 1. The highest BCUT2D eigenvalue weighted by molar-refractivity contribution is 7.47. The number of esters is 2. The number of unbranched alkanes of at least 4 members (excludes halogenated alkanes) is 4. The Balaban J connectivity index is 2.60. The molecule has 370 valence electrons. The van der Waals surface area contributed by atoms with Crippen molar-refractivity contribution in [2.45, 2.75) is 184 Å². The first kappa shape index (κ1) is 59.7. The van der Waals surface area contributed by atoms with Gasteiger partial charge in [-0.3, -0.25) is 18.6 Å². The highest BCUT2D eigenvalue weighted by atomic mass is 31.2. The van der Waals surface area contributed by atoms with Crippen LogP contribution in [0.5, 0.6) is 0 Å². The van der Waals surface area contributed by atoms with E-state index >= 15 is 0 Å². The molecule has 0 saturated heterocycles. The molecule has 0 heterocycles. The van der Waals surface area contributed by atoms with Crippen LogP contribution in [0, 0.1) is 0 Å². The molecule has 0 bridgehead atoms. The fourth-order valence-electron chi connectivity index (χ4n) is 6.31. The van der Waals surface area contributed by atoms with E-state index in [1.165, 1.54) is 0 Å². The molecule has 15 nitrogen and oxygen atoms in total. The number of phosphoric ester groups is 1. The Bertz CT molecular complexity index is 1540. The van der Waals surface area contributed by atoms with Gasteiger partial charge in [-0.25, -0.2) is 4.57 Å². The summed E-state index contributed by atoms with van der Waals surface area (Å²) < 4.78 is 33.3. The molecule has 0 radical (unpaired) electrons. The maximum Gasteiger partial charge on any atom is 0.472 e. The van der Waals surface area contributed by atoms with Crippen molar-refractivity contribution in [3.8, 4) is 0 Å². The number of aliphatic hydroxyl groups is 7.